The molecule has 7 heteroatoms. The Morgan fingerprint density at radius 1 is 0.964 bits per heavy atom. The van der Waals surface area contributed by atoms with Crippen molar-refractivity contribution in [3.05, 3.63) is 47.5 Å². The molecule has 0 spiro atoms. The number of benzene rings is 2. The van der Waals surface area contributed by atoms with Gasteiger partial charge in [-0.15, -0.1) is 11.8 Å². The summed E-state index contributed by atoms with van der Waals surface area (Å²) in [4.78, 5) is 1.15. The van der Waals surface area contributed by atoms with Crippen LogP contribution in [0.1, 0.15) is 17.5 Å². The number of aliphatic hydroxyl groups excluding tert-OH is 1. The van der Waals surface area contributed by atoms with Gasteiger partial charge in [-0.2, -0.15) is 0 Å². The molecule has 0 saturated heterocycles. The van der Waals surface area contributed by atoms with Crippen LogP contribution >= 0.6 is 11.8 Å². The molecule has 1 aliphatic carbocycles. The van der Waals surface area contributed by atoms with Crippen LogP contribution in [0, 0.1) is 0 Å². The summed E-state index contributed by atoms with van der Waals surface area (Å²) >= 11 is 1.66. The van der Waals surface area contributed by atoms with Crippen molar-refractivity contribution >= 4 is 28.6 Å². The Labute approximate surface area is 168 Å². The lowest BCUT2D eigenvalue weighted by Gasteiger charge is -2.16. The number of hydrogen-bond donors (Lipinski definition) is 2. The zero-order valence-electron chi connectivity index (χ0n) is 16.2. The molecule has 0 saturated carbocycles. The molecule has 1 unspecified atom stereocenters. The Morgan fingerprint density at radius 2 is 1.57 bits per heavy atom. The van der Waals surface area contributed by atoms with E-state index in [9.17, 15) is 10.3 Å². The van der Waals surface area contributed by atoms with Crippen LogP contribution in [0.2, 0.25) is 0 Å². The summed E-state index contributed by atoms with van der Waals surface area (Å²) in [5.41, 5.74) is 3.44. The molecule has 1 atom stereocenters. The first-order valence-electron chi connectivity index (χ1n) is 8.66. The highest BCUT2D eigenvalue weighted by molar-refractivity contribution is 7.98. The first kappa shape index (κ1) is 20.1. The molecule has 0 aliphatic heterocycles. The fourth-order valence-corrected chi connectivity index (χ4v) is 3.84. The van der Waals surface area contributed by atoms with Crippen molar-refractivity contribution in [3.63, 3.8) is 0 Å². The normalized spacial score (nSPS) is 17.9. The highest BCUT2D eigenvalue weighted by atomic mass is 32.2. The van der Waals surface area contributed by atoms with Crippen LogP contribution in [-0.4, -0.2) is 49.7 Å². The lowest BCUT2D eigenvalue weighted by Crippen LogP contribution is -2.15. The smallest absolute Gasteiger partial charge is 0.203 e. The van der Waals surface area contributed by atoms with Gasteiger partial charge in [-0.25, -0.2) is 0 Å². The fourth-order valence-electron chi connectivity index (χ4n) is 3.43. The van der Waals surface area contributed by atoms with Gasteiger partial charge in [0.25, 0.3) is 0 Å². The van der Waals surface area contributed by atoms with E-state index in [0.717, 1.165) is 16.0 Å². The first-order chi connectivity index (χ1) is 13.6. The predicted molar refractivity (Wildman–Crippen MR) is 111 cm³/mol. The second-order valence-electron chi connectivity index (χ2n) is 6.20. The molecule has 0 radical (unpaired) electrons. The maximum Gasteiger partial charge on any atom is 0.203 e. The van der Waals surface area contributed by atoms with Crippen molar-refractivity contribution < 1.29 is 24.5 Å². The van der Waals surface area contributed by atoms with Gasteiger partial charge < -0.3 is 24.5 Å². The topological polar surface area (TPSA) is 80.5 Å². The molecule has 2 aromatic rings. The van der Waals surface area contributed by atoms with E-state index in [0.29, 0.717) is 34.8 Å². The zero-order chi connectivity index (χ0) is 20.3. The second kappa shape index (κ2) is 8.58. The van der Waals surface area contributed by atoms with E-state index in [-0.39, 0.29) is 5.71 Å². The van der Waals surface area contributed by atoms with E-state index in [2.05, 4.69) is 5.16 Å². The summed E-state index contributed by atoms with van der Waals surface area (Å²) in [6.45, 7) is 0. The Kier molecular flexibility index (Phi) is 6.16. The fraction of sp³-hybridized carbons (Fsp3) is 0.286. The lowest BCUT2D eigenvalue weighted by molar-refractivity contribution is 0.240. The van der Waals surface area contributed by atoms with E-state index >= 15 is 0 Å². The Morgan fingerprint density at radius 3 is 2.04 bits per heavy atom. The number of nitrogens with zero attached hydrogens (tertiary/aromatic N) is 1. The molecular weight excluding hydrogens is 378 g/mol. The van der Waals surface area contributed by atoms with E-state index in [4.69, 9.17) is 14.2 Å². The highest BCUT2D eigenvalue weighted by Gasteiger charge is 2.33. The van der Waals surface area contributed by atoms with Crippen LogP contribution < -0.4 is 14.2 Å². The predicted octanol–water partition coefficient (Wildman–Crippen LogP) is 3.94. The van der Waals surface area contributed by atoms with Gasteiger partial charge in [0.1, 0.15) is 11.8 Å². The van der Waals surface area contributed by atoms with Gasteiger partial charge in [-0.3, -0.25) is 0 Å². The van der Waals surface area contributed by atoms with E-state index < -0.39 is 6.10 Å². The third-order valence-corrected chi connectivity index (χ3v) is 5.51. The van der Waals surface area contributed by atoms with E-state index in [1.807, 2.05) is 30.5 Å². The summed E-state index contributed by atoms with van der Waals surface area (Å²) in [6.07, 6.45) is 1.48. The van der Waals surface area contributed by atoms with Crippen molar-refractivity contribution in [1.82, 2.24) is 0 Å². The minimum atomic E-state index is -0.894. The summed E-state index contributed by atoms with van der Waals surface area (Å²) in [5.74, 6) is 1.45. The maximum absolute atomic E-state index is 10.5. The van der Waals surface area contributed by atoms with Gasteiger partial charge in [0.05, 0.1) is 21.3 Å². The quantitative estimate of drug-likeness (QED) is 0.434. The molecule has 3 rings (SSSR count). The molecule has 0 bridgehead atoms. The summed E-state index contributed by atoms with van der Waals surface area (Å²) < 4.78 is 16.3. The molecule has 2 aromatic carbocycles. The molecule has 28 heavy (non-hydrogen) atoms. The van der Waals surface area contributed by atoms with Crippen molar-refractivity contribution in [2.45, 2.75) is 17.4 Å². The minimum Gasteiger partial charge on any atom is -0.493 e. The van der Waals surface area contributed by atoms with Gasteiger partial charge in [-0.1, -0.05) is 17.3 Å². The van der Waals surface area contributed by atoms with Gasteiger partial charge in [-0.05, 0) is 47.2 Å². The Balaban J connectivity index is 2.24. The van der Waals surface area contributed by atoms with E-state index in [1.54, 1.807) is 38.1 Å². The average Bonchev–Trinajstić information content (AvgIpc) is 3.08. The van der Waals surface area contributed by atoms with Crippen LogP contribution in [0.15, 0.2) is 46.4 Å². The Hall–Kier alpha value is -2.64. The standard InChI is InChI=1S/C21H23NO5S/c1-25-17-9-13(10-18(26-2)21(17)27-3)19-15(11-16(23)20(19)22-24)12-5-7-14(28-4)8-6-12/h5-10,16,23-24H,11H2,1-4H3/b22-20+. The third kappa shape index (κ3) is 3.55. The maximum atomic E-state index is 10.5. The summed E-state index contributed by atoms with van der Waals surface area (Å²) in [5, 5.41) is 23.4. The van der Waals surface area contributed by atoms with Crippen molar-refractivity contribution in [2.24, 2.45) is 5.16 Å². The van der Waals surface area contributed by atoms with Gasteiger partial charge in [0.15, 0.2) is 11.5 Å². The number of ether oxygens (including phenoxy) is 3. The van der Waals surface area contributed by atoms with Crippen LogP contribution in [0.3, 0.4) is 0 Å². The summed E-state index contributed by atoms with van der Waals surface area (Å²) in [6, 6.07) is 11.6. The molecular formula is C21H23NO5S. The minimum absolute atomic E-state index is 0.221. The van der Waals surface area contributed by atoms with Crippen LogP contribution in [0.5, 0.6) is 17.2 Å². The first-order valence-corrected chi connectivity index (χ1v) is 9.88. The third-order valence-electron chi connectivity index (χ3n) is 4.77. The van der Waals surface area contributed by atoms with Gasteiger partial charge in [0, 0.05) is 16.9 Å². The van der Waals surface area contributed by atoms with Crippen molar-refractivity contribution in [3.8, 4) is 17.2 Å². The SMILES string of the molecule is COc1cc(C2=C(c3ccc(SC)cc3)CC(O)/C2=N\O)cc(OC)c1OC. The molecule has 0 aromatic heterocycles. The summed E-state index contributed by atoms with van der Waals surface area (Å²) in [7, 11) is 4.63. The number of thioether (sulfide) groups is 1. The van der Waals surface area contributed by atoms with Crippen LogP contribution in [0.4, 0.5) is 0 Å². The van der Waals surface area contributed by atoms with Gasteiger partial charge >= 0.3 is 0 Å². The Bertz CT molecular complexity index is 896. The molecule has 6 nitrogen and oxygen atoms in total. The molecule has 148 valence electrons. The number of rotatable bonds is 6. The second-order valence-corrected chi connectivity index (χ2v) is 7.08. The van der Waals surface area contributed by atoms with E-state index in [1.165, 1.54) is 7.11 Å². The van der Waals surface area contributed by atoms with Crippen molar-refractivity contribution in [2.75, 3.05) is 27.6 Å². The van der Waals surface area contributed by atoms with Gasteiger partial charge in [0.2, 0.25) is 5.75 Å². The number of hydrogen-bond acceptors (Lipinski definition) is 7. The molecule has 2 N–H and O–H groups in total. The average molecular weight is 401 g/mol. The lowest BCUT2D eigenvalue weighted by atomic mass is 9.96. The highest BCUT2D eigenvalue weighted by Crippen LogP contribution is 2.44. The monoisotopic (exact) mass is 401 g/mol. The van der Waals surface area contributed by atoms with Crippen LogP contribution in [0.25, 0.3) is 11.1 Å². The largest absolute Gasteiger partial charge is 0.493 e. The molecule has 0 fully saturated rings. The van der Waals surface area contributed by atoms with Crippen molar-refractivity contribution in [1.29, 1.82) is 0 Å². The molecule has 1 aliphatic rings. The zero-order valence-corrected chi connectivity index (χ0v) is 17.0. The molecule has 0 heterocycles. The van der Waals surface area contributed by atoms with Crippen LogP contribution in [-0.2, 0) is 0 Å². The number of oxime groups is 1. The number of aliphatic hydroxyl groups is 1. The molecule has 0 amide bonds. The number of methoxy groups -OCH3 is 3.